The van der Waals surface area contributed by atoms with E-state index in [-0.39, 0.29) is 24.0 Å². The number of nitrogen functional groups attached to an aromatic ring is 1. The number of carbonyl (C=O) groups excluding carboxylic acids is 1. The normalized spacial score (nSPS) is 16.6. The number of benzene rings is 2. The van der Waals surface area contributed by atoms with Gasteiger partial charge in [0.1, 0.15) is 5.60 Å². The molecule has 2 aromatic rings. The van der Waals surface area contributed by atoms with Crippen LogP contribution < -0.4 is 11.1 Å². The lowest BCUT2D eigenvalue weighted by atomic mass is 10.0. The van der Waals surface area contributed by atoms with Crippen molar-refractivity contribution in [3.63, 3.8) is 0 Å². The largest absolute Gasteiger partial charge is 0.444 e. The summed E-state index contributed by atoms with van der Waals surface area (Å²) < 4.78 is 33.3. The van der Waals surface area contributed by atoms with Crippen LogP contribution in [0.25, 0.3) is 0 Å². The Kier molecular flexibility index (Phi) is 9.35. The minimum Gasteiger partial charge on any atom is -0.444 e. The van der Waals surface area contributed by atoms with Gasteiger partial charge in [-0.3, -0.25) is 4.84 Å². The molecule has 1 fully saturated rings. The van der Waals surface area contributed by atoms with E-state index in [4.69, 9.17) is 15.3 Å². The average Bonchev–Trinajstić information content (AvgIpc) is 3.31. The van der Waals surface area contributed by atoms with Gasteiger partial charge in [0.15, 0.2) is 0 Å². The first kappa shape index (κ1) is 27.9. The zero-order chi connectivity index (χ0) is 26.3. The summed E-state index contributed by atoms with van der Waals surface area (Å²) in [5.41, 5.74) is 6.25. The quantitative estimate of drug-likeness (QED) is 0.323. The van der Waals surface area contributed by atoms with Crippen molar-refractivity contribution in [3.05, 3.63) is 60.2 Å². The van der Waals surface area contributed by atoms with Crippen LogP contribution in [0.4, 0.5) is 10.5 Å². The Bertz CT molecular complexity index is 1100. The molecule has 1 aliphatic rings. The zero-order valence-corrected chi connectivity index (χ0v) is 21.9. The molecule has 0 spiro atoms. The molecule has 198 valence electrons. The van der Waals surface area contributed by atoms with E-state index in [0.717, 1.165) is 35.7 Å². The number of carbonyl (C=O) groups is 1. The molecule has 36 heavy (non-hydrogen) atoms. The van der Waals surface area contributed by atoms with Crippen molar-refractivity contribution < 1.29 is 27.9 Å². The van der Waals surface area contributed by atoms with Crippen molar-refractivity contribution in [3.8, 4) is 0 Å². The third kappa shape index (κ3) is 8.19. The van der Waals surface area contributed by atoms with Crippen LogP contribution in [-0.4, -0.2) is 54.5 Å². The molecule has 0 bridgehead atoms. The summed E-state index contributed by atoms with van der Waals surface area (Å²) in [5, 5.41) is 14.0. The summed E-state index contributed by atoms with van der Waals surface area (Å²) in [6.07, 6.45) is 1.31. The lowest BCUT2D eigenvalue weighted by molar-refractivity contribution is -0.145. The number of ether oxygens (including phenoxy) is 1. The molecular formula is C26H37N3O6S. The van der Waals surface area contributed by atoms with Gasteiger partial charge in [0, 0.05) is 5.69 Å². The number of hydrogen-bond donors (Lipinski definition) is 3. The molecule has 10 heteroatoms. The first-order valence-electron chi connectivity index (χ1n) is 12.2. The molecule has 0 saturated heterocycles. The van der Waals surface area contributed by atoms with Gasteiger partial charge in [0.05, 0.1) is 29.7 Å². The summed E-state index contributed by atoms with van der Waals surface area (Å²) in [7, 11) is -4.14. The molecule has 0 radical (unpaired) electrons. The van der Waals surface area contributed by atoms with Crippen molar-refractivity contribution in [2.24, 2.45) is 0 Å². The molecule has 9 nitrogen and oxygen atoms in total. The minimum atomic E-state index is -4.14. The highest BCUT2D eigenvalue weighted by atomic mass is 32.2. The SMILES string of the molecule is CC(C)(C)OC(=O)N[C@@H](Cc1ccccc1)[C@H](O)CN(OC1CCCC1)S(=O)(=O)c1cccc(N)c1. The highest BCUT2D eigenvalue weighted by Crippen LogP contribution is 2.26. The number of sulfonamides is 1. The van der Waals surface area contributed by atoms with Crippen molar-refractivity contribution in [2.75, 3.05) is 12.3 Å². The van der Waals surface area contributed by atoms with E-state index in [2.05, 4.69) is 5.32 Å². The number of amides is 1. The lowest BCUT2D eigenvalue weighted by Crippen LogP contribution is -2.51. The zero-order valence-electron chi connectivity index (χ0n) is 21.1. The Morgan fingerprint density at radius 1 is 1.14 bits per heavy atom. The maximum atomic E-state index is 13.5. The lowest BCUT2D eigenvalue weighted by Gasteiger charge is -2.31. The van der Waals surface area contributed by atoms with Crippen LogP contribution in [0.2, 0.25) is 0 Å². The second kappa shape index (κ2) is 12.1. The van der Waals surface area contributed by atoms with E-state index in [1.807, 2.05) is 30.3 Å². The molecule has 2 atom stereocenters. The topological polar surface area (TPSA) is 131 Å². The highest BCUT2D eigenvalue weighted by molar-refractivity contribution is 7.89. The van der Waals surface area contributed by atoms with Gasteiger partial charge in [-0.1, -0.05) is 53.7 Å². The van der Waals surface area contributed by atoms with Crippen molar-refractivity contribution in [2.45, 2.75) is 81.6 Å². The average molecular weight is 520 g/mol. The summed E-state index contributed by atoms with van der Waals surface area (Å²) in [6, 6.07) is 14.4. The van der Waals surface area contributed by atoms with E-state index in [1.54, 1.807) is 32.9 Å². The Morgan fingerprint density at radius 2 is 1.81 bits per heavy atom. The Morgan fingerprint density at radius 3 is 2.42 bits per heavy atom. The third-order valence-electron chi connectivity index (χ3n) is 5.79. The van der Waals surface area contributed by atoms with E-state index >= 15 is 0 Å². The second-order valence-corrected chi connectivity index (χ2v) is 11.9. The van der Waals surface area contributed by atoms with Gasteiger partial charge < -0.3 is 20.9 Å². The monoisotopic (exact) mass is 519 g/mol. The molecule has 4 N–H and O–H groups in total. The molecule has 1 aliphatic carbocycles. The fourth-order valence-corrected chi connectivity index (χ4v) is 5.40. The molecule has 0 unspecified atom stereocenters. The Labute approximate surface area is 213 Å². The van der Waals surface area contributed by atoms with E-state index in [0.29, 0.717) is 5.69 Å². The summed E-state index contributed by atoms with van der Waals surface area (Å²) in [5.74, 6) is 0. The fraction of sp³-hybridized carbons (Fsp3) is 0.500. The summed E-state index contributed by atoms with van der Waals surface area (Å²) in [6.45, 7) is 4.83. The van der Waals surface area contributed by atoms with Crippen LogP contribution in [0.3, 0.4) is 0 Å². The number of anilines is 1. The second-order valence-electron chi connectivity index (χ2n) is 10.1. The molecule has 1 amide bonds. The smallest absolute Gasteiger partial charge is 0.407 e. The number of nitrogens with one attached hydrogen (secondary N) is 1. The van der Waals surface area contributed by atoms with Crippen LogP contribution in [0, 0.1) is 0 Å². The molecule has 3 rings (SSSR count). The Balaban J connectivity index is 1.86. The maximum Gasteiger partial charge on any atom is 0.407 e. The van der Waals surface area contributed by atoms with Crippen LogP contribution in [0.5, 0.6) is 0 Å². The fourth-order valence-electron chi connectivity index (χ4n) is 4.04. The van der Waals surface area contributed by atoms with Crippen LogP contribution in [-0.2, 0) is 26.0 Å². The van der Waals surface area contributed by atoms with Crippen LogP contribution >= 0.6 is 0 Å². The van der Waals surface area contributed by atoms with E-state index in [1.165, 1.54) is 12.1 Å². The molecular weight excluding hydrogens is 482 g/mol. The maximum absolute atomic E-state index is 13.5. The molecule has 0 heterocycles. The number of hydrogen-bond acceptors (Lipinski definition) is 7. The number of aliphatic hydroxyl groups is 1. The number of nitrogens with zero attached hydrogens (tertiary/aromatic N) is 1. The molecule has 0 aliphatic heterocycles. The number of aliphatic hydroxyl groups excluding tert-OH is 1. The first-order valence-corrected chi connectivity index (χ1v) is 13.6. The minimum absolute atomic E-state index is 0.0348. The number of alkyl carbamates (subject to hydrolysis) is 1. The Hall–Kier alpha value is -2.66. The number of rotatable bonds is 10. The van der Waals surface area contributed by atoms with Gasteiger partial charge in [-0.15, -0.1) is 0 Å². The van der Waals surface area contributed by atoms with Crippen LogP contribution in [0.15, 0.2) is 59.5 Å². The molecule has 1 saturated carbocycles. The third-order valence-corrected chi connectivity index (χ3v) is 7.41. The van der Waals surface area contributed by atoms with Crippen molar-refractivity contribution in [1.29, 1.82) is 0 Å². The summed E-state index contributed by atoms with van der Waals surface area (Å²) in [4.78, 5) is 18.5. The van der Waals surface area contributed by atoms with Gasteiger partial charge in [0.2, 0.25) is 0 Å². The van der Waals surface area contributed by atoms with Gasteiger partial charge >= 0.3 is 6.09 Å². The molecule has 0 aromatic heterocycles. The number of hydroxylamine groups is 1. The first-order chi connectivity index (χ1) is 16.9. The van der Waals surface area contributed by atoms with Gasteiger partial charge in [0.25, 0.3) is 10.0 Å². The highest BCUT2D eigenvalue weighted by Gasteiger charge is 2.35. The molecule has 2 aromatic carbocycles. The standard InChI is InChI=1S/C26H37N3O6S/c1-26(2,3)34-25(31)28-23(16-19-10-5-4-6-11-19)24(30)18-29(35-21-13-7-8-14-21)36(32,33)22-15-9-12-20(27)17-22/h4-6,9-12,15,17,21,23-24,30H,7-8,13-14,16,18,27H2,1-3H3,(H,28,31)/t23-,24+/m0/s1. The van der Waals surface area contributed by atoms with Crippen molar-refractivity contribution >= 4 is 21.8 Å². The van der Waals surface area contributed by atoms with Crippen molar-refractivity contribution in [1.82, 2.24) is 9.79 Å². The number of nitrogens with two attached hydrogens (primary N) is 1. The predicted octanol–water partition coefficient (Wildman–Crippen LogP) is 3.63. The van der Waals surface area contributed by atoms with Gasteiger partial charge in [-0.05, 0) is 63.8 Å². The van der Waals surface area contributed by atoms with Gasteiger partial charge in [-0.2, -0.15) is 0 Å². The summed E-state index contributed by atoms with van der Waals surface area (Å²) >= 11 is 0. The van der Waals surface area contributed by atoms with E-state index in [9.17, 15) is 18.3 Å². The van der Waals surface area contributed by atoms with E-state index < -0.39 is 33.9 Å². The van der Waals surface area contributed by atoms with Gasteiger partial charge in [-0.25, -0.2) is 13.2 Å². The predicted molar refractivity (Wildman–Crippen MR) is 137 cm³/mol. The van der Waals surface area contributed by atoms with Crippen LogP contribution in [0.1, 0.15) is 52.0 Å².